The SMILES string of the molecule is CC1=[N+]([O-])CC(C)C1(C)C. The van der Waals surface area contributed by atoms with Crippen molar-refractivity contribution in [2.75, 3.05) is 6.54 Å². The van der Waals surface area contributed by atoms with Gasteiger partial charge in [-0.15, -0.1) is 0 Å². The van der Waals surface area contributed by atoms with E-state index >= 15 is 0 Å². The van der Waals surface area contributed by atoms with Gasteiger partial charge in [-0.05, 0) is 13.8 Å². The van der Waals surface area contributed by atoms with Crippen LogP contribution in [-0.4, -0.2) is 17.0 Å². The monoisotopic (exact) mass is 141 g/mol. The third-order valence-electron chi connectivity index (χ3n) is 2.98. The van der Waals surface area contributed by atoms with Gasteiger partial charge in [0.05, 0.1) is 5.41 Å². The lowest BCUT2D eigenvalue weighted by Crippen LogP contribution is -2.25. The average molecular weight is 141 g/mol. The number of hydroxylamine groups is 1. The van der Waals surface area contributed by atoms with E-state index in [2.05, 4.69) is 20.8 Å². The van der Waals surface area contributed by atoms with Gasteiger partial charge in [0.25, 0.3) is 0 Å². The Labute approximate surface area is 62.1 Å². The Morgan fingerprint density at radius 2 is 2.10 bits per heavy atom. The molecule has 0 saturated heterocycles. The summed E-state index contributed by atoms with van der Waals surface area (Å²) in [6.45, 7) is 8.98. The average Bonchev–Trinajstić information content (AvgIpc) is 1.97. The zero-order valence-corrected chi connectivity index (χ0v) is 7.14. The fraction of sp³-hybridized carbons (Fsp3) is 0.875. The van der Waals surface area contributed by atoms with Crippen molar-refractivity contribution in [1.82, 2.24) is 0 Å². The summed E-state index contributed by atoms with van der Waals surface area (Å²) in [6, 6.07) is 0. The van der Waals surface area contributed by atoms with Crippen molar-refractivity contribution in [3.05, 3.63) is 5.21 Å². The van der Waals surface area contributed by atoms with E-state index in [0.29, 0.717) is 12.5 Å². The van der Waals surface area contributed by atoms with Gasteiger partial charge in [0.1, 0.15) is 0 Å². The molecule has 0 saturated carbocycles. The molecule has 0 aromatic rings. The van der Waals surface area contributed by atoms with Gasteiger partial charge in [0, 0.05) is 12.8 Å². The number of nitrogens with zero attached hydrogens (tertiary/aromatic N) is 1. The van der Waals surface area contributed by atoms with E-state index in [9.17, 15) is 5.21 Å². The van der Waals surface area contributed by atoms with Crippen LogP contribution >= 0.6 is 0 Å². The van der Waals surface area contributed by atoms with Crippen molar-refractivity contribution < 1.29 is 4.74 Å². The molecule has 0 aromatic carbocycles. The topological polar surface area (TPSA) is 26.1 Å². The highest BCUT2D eigenvalue weighted by Crippen LogP contribution is 2.32. The highest BCUT2D eigenvalue weighted by Gasteiger charge is 2.41. The second kappa shape index (κ2) is 1.97. The summed E-state index contributed by atoms with van der Waals surface area (Å²) in [5, 5.41) is 11.1. The minimum atomic E-state index is 0.113. The normalized spacial score (nSPS) is 31.4. The highest BCUT2D eigenvalue weighted by atomic mass is 16.5. The molecule has 1 atom stereocenters. The van der Waals surface area contributed by atoms with Crippen LogP contribution in [0.5, 0.6) is 0 Å². The van der Waals surface area contributed by atoms with Crippen LogP contribution in [0.3, 0.4) is 0 Å². The van der Waals surface area contributed by atoms with Gasteiger partial charge in [-0.1, -0.05) is 6.92 Å². The van der Waals surface area contributed by atoms with Gasteiger partial charge < -0.3 is 5.21 Å². The van der Waals surface area contributed by atoms with Crippen LogP contribution in [-0.2, 0) is 0 Å². The summed E-state index contributed by atoms with van der Waals surface area (Å²) >= 11 is 0. The van der Waals surface area contributed by atoms with Crippen LogP contribution in [0.15, 0.2) is 0 Å². The quantitative estimate of drug-likeness (QED) is 0.372. The Kier molecular flexibility index (Phi) is 1.50. The minimum absolute atomic E-state index is 0.113. The molecule has 0 aromatic heterocycles. The van der Waals surface area contributed by atoms with Crippen LogP contribution in [0, 0.1) is 16.5 Å². The number of hydrogen-bond donors (Lipinski definition) is 0. The van der Waals surface area contributed by atoms with Crippen LogP contribution < -0.4 is 0 Å². The van der Waals surface area contributed by atoms with Crippen LogP contribution in [0.4, 0.5) is 0 Å². The molecule has 1 rings (SSSR count). The Morgan fingerprint density at radius 1 is 1.60 bits per heavy atom. The maximum atomic E-state index is 11.1. The van der Waals surface area contributed by atoms with Crippen molar-refractivity contribution in [2.24, 2.45) is 11.3 Å². The van der Waals surface area contributed by atoms with Gasteiger partial charge >= 0.3 is 0 Å². The smallest absolute Gasteiger partial charge is 0.166 e. The fourth-order valence-corrected chi connectivity index (χ4v) is 1.29. The van der Waals surface area contributed by atoms with Crippen molar-refractivity contribution in [1.29, 1.82) is 0 Å². The van der Waals surface area contributed by atoms with Crippen molar-refractivity contribution >= 4 is 5.71 Å². The van der Waals surface area contributed by atoms with Crippen LogP contribution in [0.25, 0.3) is 0 Å². The Morgan fingerprint density at radius 3 is 2.20 bits per heavy atom. The van der Waals surface area contributed by atoms with E-state index < -0.39 is 0 Å². The summed E-state index contributed by atoms with van der Waals surface area (Å²) in [5.74, 6) is 0.491. The molecule has 0 radical (unpaired) electrons. The number of rotatable bonds is 0. The molecule has 0 aliphatic carbocycles. The van der Waals surface area contributed by atoms with Crippen molar-refractivity contribution in [2.45, 2.75) is 27.7 Å². The van der Waals surface area contributed by atoms with Crippen LogP contribution in [0.2, 0.25) is 0 Å². The maximum Gasteiger partial charge on any atom is 0.166 e. The second-order valence-corrected chi connectivity index (χ2v) is 3.77. The van der Waals surface area contributed by atoms with E-state index in [1.165, 1.54) is 0 Å². The molecule has 10 heavy (non-hydrogen) atoms. The molecule has 1 aliphatic rings. The summed E-state index contributed by atoms with van der Waals surface area (Å²) in [5.41, 5.74) is 1.09. The van der Waals surface area contributed by atoms with Gasteiger partial charge in [-0.2, -0.15) is 0 Å². The van der Waals surface area contributed by atoms with Crippen molar-refractivity contribution in [3.63, 3.8) is 0 Å². The molecule has 0 N–H and O–H groups in total. The second-order valence-electron chi connectivity index (χ2n) is 3.77. The Hall–Kier alpha value is -0.530. The molecule has 0 fully saturated rings. The van der Waals surface area contributed by atoms with E-state index in [1.807, 2.05) is 6.92 Å². The third-order valence-corrected chi connectivity index (χ3v) is 2.98. The van der Waals surface area contributed by atoms with E-state index in [-0.39, 0.29) is 5.41 Å². The predicted molar refractivity (Wildman–Crippen MR) is 42.1 cm³/mol. The first-order valence-corrected chi connectivity index (χ1v) is 3.75. The lowest BCUT2D eigenvalue weighted by Gasteiger charge is -2.18. The lowest BCUT2D eigenvalue weighted by atomic mass is 9.79. The molecule has 58 valence electrons. The zero-order chi connectivity index (χ0) is 7.94. The first kappa shape index (κ1) is 7.58. The van der Waals surface area contributed by atoms with Gasteiger partial charge in [0.15, 0.2) is 12.3 Å². The molecule has 0 amide bonds. The molecule has 1 heterocycles. The molecule has 1 aliphatic heterocycles. The predicted octanol–water partition coefficient (Wildman–Crippen LogP) is 1.63. The van der Waals surface area contributed by atoms with Crippen LogP contribution in [0.1, 0.15) is 27.7 Å². The Bertz CT molecular complexity index is 182. The molecule has 1 unspecified atom stereocenters. The molecular weight excluding hydrogens is 126 g/mol. The zero-order valence-electron chi connectivity index (χ0n) is 7.14. The van der Waals surface area contributed by atoms with E-state index in [1.54, 1.807) is 0 Å². The summed E-state index contributed by atoms with van der Waals surface area (Å²) in [6.07, 6.45) is 0. The molecule has 2 nitrogen and oxygen atoms in total. The van der Waals surface area contributed by atoms with Crippen molar-refractivity contribution in [3.8, 4) is 0 Å². The highest BCUT2D eigenvalue weighted by molar-refractivity contribution is 5.84. The standard InChI is InChI=1S/C8H15NO/c1-6-5-9(10)7(2)8(6,3)4/h6H,5H2,1-4H3. The number of hydrogen-bond acceptors (Lipinski definition) is 1. The molecule has 0 spiro atoms. The van der Waals surface area contributed by atoms with E-state index in [4.69, 9.17) is 0 Å². The van der Waals surface area contributed by atoms with Gasteiger partial charge in [-0.25, -0.2) is 4.74 Å². The maximum absolute atomic E-state index is 11.1. The Balaban J connectivity index is 2.94. The van der Waals surface area contributed by atoms with Gasteiger partial charge in [0.2, 0.25) is 0 Å². The first-order chi connectivity index (χ1) is 4.46. The first-order valence-electron chi connectivity index (χ1n) is 3.75. The minimum Gasteiger partial charge on any atom is -0.624 e. The summed E-state index contributed by atoms with van der Waals surface area (Å²) in [4.78, 5) is 0. The lowest BCUT2D eigenvalue weighted by molar-refractivity contribution is -0.454. The molecule has 2 heteroatoms. The summed E-state index contributed by atoms with van der Waals surface area (Å²) in [7, 11) is 0. The van der Waals surface area contributed by atoms with Gasteiger partial charge in [-0.3, -0.25) is 0 Å². The summed E-state index contributed by atoms with van der Waals surface area (Å²) < 4.78 is 1.12. The van der Waals surface area contributed by atoms with E-state index in [0.717, 1.165) is 10.5 Å². The largest absolute Gasteiger partial charge is 0.624 e. The molecular formula is C8H15NO. The fourth-order valence-electron chi connectivity index (χ4n) is 1.29. The molecule has 0 bridgehead atoms. The third kappa shape index (κ3) is 0.825.